The van der Waals surface area contributed by atoms with E-state index in [1.54, 1.807) is 29.2 Å². The Bertz CT molecular complexity index is 1000. The highest BCUT2D eigenvalue weighted by molar-refractivity contribution is 7.71. The third-order valence-electron chi connectivity index (χ3n) is 3.88. The van der Waals surface area contributed by atoms with E-state index in [0.717, 1.165) is 5.56 Å². The van der Waals surface area contributed by atoms with Gasteiger partial charge in [-0.25, -0.2) is 13.4 Å². The summed E-state index contributed by atoms with van der Waals surface area (Å²) in [6.07, 6.45) is 3.18. The molecule has 1 aromatic carbocycles. The largest absolute Gasteiger partial charge is 0.494 e. The predicted octanol–water partition coefficient (Wildman–Crippen LogP) is 3.50. The minimum absolute atomic E-state index is 0.0960. The number of nitrogens with zero attached hydrogens (tertiary/aromatic N) is 3. The monoisotopic (exact) mass is 421 g/mol. The Morgan fingerprint density at radius 2 is 1.71 bits per heavy atom. The van der Waals surface area contributed by atoms with Crippen molar-refractivity contribution in [1.82, 2.24) is 14.5 Å². The van der Waals surface area contributed by atoms with Gasteiger partial charge in [0, 0.05) is 11.6 Å². The van der Waals surface area contributed by atoms with Crippen LogP contribution in [0, 0.1) is 0 Å². The maximum atomic E-state index is 10.9. The molecular weight excluding hydrogens is 402 g/mol. The van der Waals surface area contributed by atoms with Gasteiger partial charge in [-0.2, -0.15) is 0 Å². The standard InChI is InChI=1S/C19H20ClN3O4S/c1-3-26-16-7-13(8-17(9-16)27-4-2)18-19(20)22-12-23(18)15-6-5-14(21-10-15)11-28(24)25/h5-10,12,28H,3-4,11H2,1-2H3. The third kappa shape index (κ3) is 4.63. The summed E-state index contributed by atoms with van der Waals surface area (Å²) >= 11 is 6.37. The van der Waals surface area contributed by atoms with Crippen LogP contribution in [0.1, 0.15) is 19.5 Å². The first-order valence-corrected chi connectivity index (χ1v) is 10.5. The summed E-state index contributed by atoms with van der Waals surface area (Å²) < 4.78 is 34.8. The maximum Gasteiger partial charge on any atom is 0.155 e. The number of ether oxygens (including phenoxy) is 2. The number of hydrogen-bond acceptors (Lipinski definition) is 6. The van der Waals surface area contributed by atoms with Crippen molar-refractivity contribution < 1.29 is 17.9 Å². The van der Waals surface area contributed by atoms with Gasteiger partial charge >= 0.3 is 0 Å². The van der Waals surface area contributed by atoms with Crippen molar-refractivity contribution in [1.29, 1.82) is 0 Å². The van der Waals surface area contributed by atoms with Crippen molar-refractivity contribution >= 4 is 22.3 Å². The molecule has 0 atom stereocenters. The molecule has 0 bridgehead atoms. The van der Waals surface area contributed by atoms with Gasteiger partial charge in [-0.15, -0.1) is 0 Å². The molecule has 0 aliphatic heterocycles. The molecular formula is C19H20ClN3O4S. The van der Waals surface area contributed by atoms with E-state index in [0.29, 0.717) is 46.9 Å². The first kappa shape index (κ1) is 20.2. The van der Waals surface area contributed by atoms with E-state index in [-0.39, 0.29) is 5.75 Å². The van der Waals surface area contributed by atoms with Crippen molar-refractivity contribution in [2.24, 2.45) is 0 Å². The summed E-state index contributed by atoms with van der Waals surface area (Å²) in [5, 5.41) is 0.322. The van der Waals surface area contributed by atoms with Crippen molar-refractivity contribution in [3.8, 4) is 28.4 Å². The van der Waals surface area contributed by atoms with Gasteiger partial charge in [0.05, 0.1) is 42.2 Å². The van der Waals surface area contributed by atoms with Gasteiger partial charge in [0.1, 0.15) is 28.5 Å². The zero-order valence-electron chi connectivity index (χ0n) is 15.5. The van der Waals surface area contributed by atoms with Crippen LogP contribution in [0.2, 0.25) is 5.15 Å². The quantitative estimate of drug-likeness (QED) is 0.560. The Balaban J connectivity index is 2.05. The van der Waals surface area contributed by atoms with E-state index in [9.17, 15) is 8.42 Å². The molecule has 0 aliphatic carbocycles. The van der Waals surface area contributed by atoms with Crippen LogP contribution < -0.4 is 9.47 Å². The Morgan fingerprint density at radius 1 is 1.04 bits per heavy atom. The summed E-state index contributed by atoms with van der Waals surface area (Å²) in [6, 6.07) is 9.01. The van der Waals surface area contributed by atoms with Crippen LogP contribution in [0.5, 0.6) is 11.5 Å². The van der Waals surface area contributed by atoms with Crippen molar-refractivity contribution in [3.05, 3.63) is 53.7 Å². The number of aromatic nitrogens is 3. The summed E-state index contributed by atoms with van der Waals surface area (Å²) in [6.45, 7) is 4.87. The van der Waals surface area contributed by atoms with Gasteiger partial charge in [-0.3, -0.25) is 9.55 Å². The maximum absolute atomic E-state index is 10.9. The second-order valence-electron chi connectivity index (χ2n) is 5.81. The third-order valence-corrected chi connectivity index (χ3v) is 4.74. The Kier molecular flexibility index (Phi) is 6.53. The number of rotatable bonds is 8. The first-order chi connectivity index (χ1) is 13.5. The van der Waals surface area contributed by atoms with E-state index in [1.165, 1.54) is 0 Å². The topological polar surface area (TPSA) is 83.3 Å². The second-order valence-corrected chi connectivity index (χ2v) is 7.15. The molecule has 28 heavy (non-hydrogen) atoms. The molecule has 0 radical (unpaired) electrons. The molecule has 2 aromatic heterocycles. The predicted molar refractivity (Wildman–Crippen MR) is 108 cm³/mol. The van der Waals surface area contributed by atoms with Gasteiger partial charge in [0.25, 0.3) is 0 Å². The summed E-state index contributed by atoms with van der Waals surface area (Å²) in [4.78, 5) is 8.42. The number of hydrogen-bond donors (Lipinski definition) is 1. The molecule has 3 rings (SSSR count). The second kappa shape index (κ2) is 9.07. The van der Waals surface area contributed by atoms with Crippen LogP contribution in [0.15, 0.2) is 42.9 Å². The smallest absolute Gasteiger partial charge is 0.155 e. The molecule has 0 N–H and O–H groups in total. The van der Waals surface area contributed by atoms with Crippen LogP contribution in [0.3, 0.4) is 0 Å². The number of imidazole rings is 1. The van der Waals surface area contributed by atoms with Crippen molar-refractivity contribution in [2.45, 2.75) is 19.6 Å². The summed E-state index contributed by atoms with van der Waals surface area (Å²) in [5.41, 5.74) is 2.63. The zero-order valence-corrected chi connectivity index (χ0v) is 17.1. The molecule has 0 fully saturated rings. The highest BCUT2D eigenvalue weighted by Crippen LogP contribution is 2.35. The number of halogens is 1. The normalized spacial score (nSPS) is 11.0. The van der Waals surface area contributed by atoms with Gasteiger partial charge in [-0.1, -0.05) is 11.6 Å². The fourth-order valence-electron chi connectivity index (χ4n) is 2.77. The van der Waals surface area contributed by atoms with Crippen LogP contribution >= 0.6 is 11.6 Å². The lowest BCUT2D eigenvalue weighted by Gasteiger charge is -2.13. The van der Waals surface area contributed by atoms with Crippen molar-refractivity contribution in [3.63, 3.8) is 0 Å². The van der Waals surface area contributed by atoms with Crippen LogP contribution in [-0.4, -0.2) is 36.2 Å². The number of pyridine rings is 1. The number of thiol groups is 1. The van der Waals surface area contributed by atoms with Crippen LogP contribution in [-0.2, 0) is 16.5 Å². The Labute approximate surface area is 169 Å². The Hall–Kier alpha value is -2.58. The SMILES string of the molecule is CCOc1cc(OCC)cc(-c2c(Cl)ncn2-c2ccc(C[SH](=O)=O)nc2)c1. The van der Waals surface area contributed by atoms with E-state index >= 15 is 0 Å². The average molecular weight is 422 g/mol. The van der Waals surface area contributed by atoms with E-state index < -0.39 is 10.7 Å². The molecule has 3 aromatic rings. The van der Waals surface area contributed by atoms with Gasteiger partial charge in [-0.05, 0) is 38.1 Å². The minimum Gasteiger partial charge on any atom is -0.494 e. The lowest BCUT2D eigenvalue weighted by molar-refractivity contribution is 0.323. The van der Waals surface area contributed by atoms with E-state index in [2.05, 4.69) is 9.97 Å². The highest BCUT2D eigenvalue weighted by atomic mass is 35.5. The molecule has 0 aliphatic rings. The van der Waals surface area contributed by atoms with Crippen molar-refractivity contribution in [2.75, 3.05) is 13.2 Å². The van der Waals surface area contributed by atoms with Gasteiger partial charge in [0.2, 0.25) is 0 Å². The minimum atomic E-state index is -2.52. The summed E-state index contributed by atoms with van der Waals surface area (Å²) in [7, 11) is -2.52. The zero-order chi connectivity index (χ0) is 20.1. The van der Waals surface area contributed by atoms with Crippen LogP contribution in [0.4, 0.5) is 0 Å². The molecule has 148 valence electrons. The molecule has 7 nitrogen and oxygen atoms in total. The molecule has 0 spiro atoms. The van der Waals surface area contributed by atoms with E-state index in [1.807, 2.05) is 32.0 Å². The van der Waals surface area contributed by atoms with E-state index in [4.69, 9.17) is 21.1 Å². The highest BCUT2D eigenvalue weighted by Gasteiger charge is 2.16. The Morgan fingerprint density at radius 3 is 2.25 bits per heavy atom. The molecule has 0 amide bonds. The van der Waals surface area contributed by atoms with Gasteiger partial charge in [0.15, 0.2) is 5.15 Å². The lowest BCUT2D eigenvalue weighted by Crippen LogP contribution is -2.00. The fourth-order valence-corrected chi connectivity index (χ4v) is 3.47. The molecule has 2 heterocycles. The fraction of sp³-hybridized carbons (Fsp3) is 0.263. The lowest BCUT2D eigenvalue weighted by atomic mass is 10.1. The molecule has 9 heteroatoms. The summed E-state index contributed by atoms with van der Waals surface area (Å²) in [5.74, 6) is 1.24. The molecule has 0 saturated carbocycles. The molecule has 0 unspecified atom stereocenters. The number of benzene rings is 1. The van der Waals surface area contributed by atoms with Gasteiger partial charge < -0.3 is 9.47 Å². The van der Waals surface area contributed by atoms with Crippen LogP contribution in [0.25, 0.3) is 16.9 Å². The molecule has 0 saturated heterocycles. The first-order valence-electron chi connectivity index (χ1n) is 8.72. The average Bonchev–Trinajstić information content (AvgIpc) is 3.04.